The first-order valence-electron chi connectivity index (χ1n) is 8.21. The largest absolute Gasteiger partial charge is 0.320 e. The van der Waals surface area contributed by atoms with E-state index in [1.807, 2.05) is 11.4 Å². The zero-order chi connectivity index (χ0) is 18.1. The lowest BCUT2D eigenvalue weighted by Crippen LogP contribution is -2.40. The third-order valence-corrected chi connectivity index (χ3v) is 6.37. The Labute approximate surface area is 157 Å². The van der Waals surface area contributed by atoms with Crippen LogP contribution >= 0.6 is 22.7 Å². The van der Waals surface area contributed by atoms with E-state index < -0.39 is 23.2 Å². The van der Waals surface area contributed by atoms with Gasteiger partial charge in [0.25, 0.3) is 0 Å². The number of carbonyl (C=O) groups is 1. The number of hydrogen-bond donors (Lipinski definition) is 1. The molecule has 3 heterocycles. The van der Waals surface area contributed by atoms with E-state index in [0.717, 1.165) is 30.0 Å². The quantitative estimate of drug-likeness (QED) is 0.702. The van der Waals surface area contributed by atoms with Gasteiger partial charge in [0.05, 0.1) is 12.6 Å². The zero-order valence-corrected chi connectivity index (χ0v) is 15.4. The number of amides is 1. The summed E-state index contributed by atoms with van der Waals surface area (Å²) in [6.07, 6.45) is 0.871. The smallest absolute Gasteiger partial charge is 0.238 e. The van der Waals surface area contributed by atoms with Crippen LogP contribution in [0.1, 0.15) is 21.4 Å². The molecule has 1 aromatic carbocycles. The van der Waals surface area contributed by atoms with E-state index >= 15 is 0 Å². The van der Waals surface area contributed by atoms with Crippen molar-refractivity contribution in [2.24, 2.45) is 0 Å². The van der Waals surface area contributed by atoms with Gasteiger partial charge < -0.3 is 5.32 Å². The molecule has 0 unspecified atom stereocenters. The van der Waals surface area contributed by atoms with Gasteiger partial charge in [-0.2, -0.15) is 0 Å². The number of anilines is 1. The molecule has 0 fully saturated rings. The number of nitrogens with one attached hydrogen (secondary N) is 1. The van der Waals surface area contributed by atoms with Crippen molar-refractivity contribution in [3.05, 3.63) is 74.1 Å². The molecule has 26 heavy (non-hydrogen) atoms. The average molecular weight is 390 g/mol. The van der Waals surface area contributed by atoms with E-state index in [2.05, 4.69) is 27.7 Å². The fourth-order valence-corrected chi connectivity index (χ4v) is 5.08. The van der Waals surface area contributed by atoms with Crippen LogP contribution in [0.3, 0.4) is 0 Å². The fraction of sp³-hybridized carbons (Fsp3) is 0.211. The summed E-state index contributed by atoms with van der Waals surface area (Å²) >= 11 is 3.38. The lowest BCUT2D eigenvalue weighted by Gasteiger charge is -2.34. The van der Waals surface area contributed by atoms with Gasteiger partial charge in [0, 0.05) is 16.3 Å². The summed E-state index contributed by atoms with van der Waals surface area (Å²) in [5.41, 5.74) is 0.826. The van der Waals surface area contributed by atoms with Crippen LogP contribution < -0.4 is 5.32 Å². The Bertz CT molecular complexity index is 903. The van der Waals surface area contributed by atoms with Crippen LogP contribution in [0.25, 0.3) is 0 Å². The molecule has 134 valence electrons. The first-order valence-corrected chi connectivity index (χ1v) is 9.97. The second kappa shape index (κ2) is 7.26. The van der Waals surface area contributed by atoms with E-state index in [4.69, 9.17) is 0 Å². The standard InChI is InChI=1S/C19H16F2N2OS2/c20-13-3-1-4-14(21)18(13)22-17(24)11-23-8-6-15-12(7-10-26-15)19(23)16-5-2-9-25-16/h1-5,7,9-10,19H,6,8,11H2,(H,22,24)/t19-/m0/s1. The van der Waals surface area contributed by atoms with Crippen molar-refractivity contribution in [2.75, 3.05) is 18.4 Å². The molecule has 1 N–H and O–H groups in total. The molecular formula is C19H16F2N2OS2. The third-order valence-electron chi connectivity index (χ3n) is 4.45. The van der Waals surface area contributed by atoms with Crippen LogP contribution in [0.4, 0.5) is 14.5 Å². The molecule has 1 aliphatic heterocycles. The van der Waals surface area contributed by atoms with Crippen LogP contribution in [0.2, 0.25) is 0 Å². The molecule has 0 radical (unpaired) electrons. The molecule has 0 spiro atoms. The van der Waals surface area contributed by atoms with Crippen LogP contribution in [0, 0.1) is 11.6 Å². The van der Waals surface area contributed by atoms with Gasteiger partial charge >= 0.3 is 0 Å². The lowest BCUT2D eigenvalue weighted by molar-refractivity contribution is -0.117. The molecule has 2 aromatic heterocycles. The van der Waals surface area contributed by atoms with Crippen molar-refractivity contribution in [2.45, 2.75) is 12.5 Å². The van der Waals surface area contributed by atoms with E-state index in [9.17, 15) is 13.6 Å². The molecule has 0 aliphatic carbocycles. The second-order valence-corrected chi connectivity index (χ2v) is 8.06. The zero-order valence-electron chi connectivity index (χ0n) is 13.7. The minimum Gasteiger partial charge on any atom is -0.320 e. The highest BCUT2D eigenvalue weighted by Crippen LogP contribution is 2.39. The van der Waals surface area contributed by atoms with Gasteiger partial charge in [-0.25, -0.2) is 8.78 Å². The Balaban J connectivity index is 1.56. The molecule has 0 saturated carbocycles. The number of fused-ring (bicyclic) bond motifs is 1. The molecule has 3 aromatic rings. The van der Waals surface area contributed by atoms with Gasteiger partial charge in [-0.3, -0.25) is 9.69 Å². The molecule has 4 rings (SSSR count). The first-order chi connectivity index (χ1) is 12.6. The van der Waals surface area contributed by atoms with E-state index in [1.54, 1.807) is 22.7 Å². The molecule has 1 atom stereocenters. The van der Waals surface area contributed by atoms with Crippen molar-refractivity contribution in [1.82, 2.24) is 4.90 Å². The number of nitrogens with zero attached hydrogens (tertiary/aromatic N) is 1. The lowest BCUT2D eigenvalue weighted by atomic mass is 9.98. The predicted molar refractivity (Wildman–Crippen MR) is 101 cm³/mol. The Morgan fingerprint density at radius 2 is 1.92 bits per heavy atom. The van der Waals surface area contributed by atoms with E-state index in [1.165, 1.54) is 16.5 Å². The van der Waals surface area contributed by atoms with Crippen molar-refractivity contribution in [1.29, 1.82) is 0 Å². The molecule has 7 heteroatoms. The van der Waals surface area contributed by atoms with Crippen LogP contribution in [-0.2, 0) is 11.2 Å². The number of halogens is 2. The maximum Gasteiger partial charge on any atom is 0.238 e. The summed E-state index contributed by atoms with van der Waals surface area (Å²) in [7, 11) is 0. The van der Waals surface area contributed by atoms with Gasteiger partial charge in [-0.1, -0.05) is 12.1 Å². The summed E-state index contributed by atoms with van der Waals surface area (Å²) in [4.78, 5) is 17.0. The van der Waals surface area contributed by atoms with Gasteiger partial charge in [0.1, 0.15) is 17.3 Å². The van der Waals surface area contributed by atoms with Gasteiger partial charge in [-0.05, 0) is 47.0 Å². The number of carbonyl (C=O) groups excluding carboxylic acids is 1. The fourth-order valence-electron chi connectivity index (χ4n) is 3.30. The highest BCUT2D eigenvalue weighted by molar-refractivity contribution is 7.10. The Morgan fingerprint density at radius 3 is 2.65 bits per heavy atom. The number of thiophene rings is 2. The van der Waals surface area contributed by atoms with E-state index in [-0.39, 0.29) is 12.6 Å². The Hall–Kier alpha value is -2.09. The van der Waals surface area contributed by atoms with Crippen LogP contribution in [-0.4, -0.2) is 23.9 Å². The summed E-state index contributed by atoms with van der Waals surface area (Å²) in [5, 5.41) is 6.47. The topological polar surface area (TPSA) is 32.3 Å². The summed E-state index contributed by atoms with van der Waals surface area (Å²) in [6.45, 7) is 0.800. The van der Waals surface area contributed by atoms with Gasteiger partial charge in [-0.15, -0.1) is 22.7 Å². The summed E-state index contributed by atoms with van der Waals surface area (Å²) < 4.78 is 27.6. The molecule has 1 aliphatic rings. The monoisotopic (exact) mass is 390 g/mol. The van der Waals surface area contributed by atoms with Crippen molar-refractivity contribution in [3.63, 3.8) is 0 Å². The minimum absolute atomic E-state index is 0.00113. The molecule has 3 nitrogen and oxygen atoms in total. The summed E-state index contributed by atoms with van der Waals surface area (Å²) in [5.74, 6) is -1.96. The van der Waals surface area contributed by atoms with E-state index in [0.29, 0.717) is 0 Å². The van der Waals surface area contributed by atoms with Crippen molar-refractivity contribution in [3.8, 4) is 0 Å². The average Bonchev–Trinajstić information content (AvgIpc) is 3.29. The third kappa shape index (κ3) is 3.30. The normalized spacial score (nSPS) is 17.1. The van der Waals surface area contributed by atoms with Crippen molar-refractivity contribution >= 4 is 34.3 Å². The second-order valence-electron chi connectivity index (χ2n) is 6.08. The Morgan fingerprint density at radius 1 is 1.12 bits per heavy atom. The van der Waals surface area contributed by atoms with Gasteiger partial charge in [0.2, 0.25) is 5.91 Å². The maximum atomic E-state index is 13.8. The number of rotatable bonds is 4. The Kier molecular flexibility index (Phi) is 4.84. The molecular weight excluding hydrogens is 374 g/mol. The maximum absolute atomic E-state index is 13.8. The number of benzene rings is 1. The highest BCUT2D eigenvalue weighted by Gasteiger charge is 2.31. The van der Waals surface area contributed by atoms with Gasteiger partial charge in [0.15, 0.2) is 0 Å². The SMILES string of the molecule is O=C(CN1CCc2sccc2[C@H]1c1cccs1)Nc1c(F)cccc1F. The molecule has 1 amide bonds. The molecule has 0 bridgehead atoms. The minimum atomic E-state index is -0.771. The van der Waals surface area contributed by atoms with Crippen LogP contribution in [0.15, 0.2) is 47.2 Å². The van der Waals surface area contributed by atoms with Crippen LogP contribution in [0.5, 0.6) is 0 Å². The predicted octanol–water partition coefficient (Wildman–Crippen LogP) is 4.67. The first kappa shape index (κ1) is 17.3. The number of hydrogen-bond acceptors (Lipinski definition) is 4. The van der Waals surface area contributed by atoms with Crippen molar-refractivity contribution < 1.29 is 13.6 Å². The summed E-state index contributed by atoms with van der Waals surface area (Å²) in [6, 6.07) is 9.69. The molecule has 0 saturated heterocycles. The highest BCUT2D eigenvalue weighted by atomic mass is 32.1. The number of para-hydroxylation sites is 1.